The summed E-state index contributed by atoms with van der Waals surface area (Å²) in [6, 6.07) is 0. The third-order valence-corrected chi connectivity index (χ3v) is 4.73. The number of hydrogen-bond donors (Lipinski definition) is 3. The molecule has 0 saturated carbocycles. The highest BCUT2D eigenvalue weighted by Crippen LogP contribution is 2.24. The van der Waals surface area contributed by atoms with Crippen molar-refractivity contribution in [3.8, 4) is 0 Å². The van der Waals surface area contributed by atoms with E-state index in [-0.39, 0.29) is 38.1 Å². The molecule has 0 aromatic heterocycles. The molecule has 0 radical (unpaired) electrons. The van der Waals surface area contributed by atoms with E-state index in [1.807, 2.05) is 0 Å². The third-order valence-electron chi connectivity index (χ3n) is 4.73. The Hall–Kier alpha value is -4.11. The van der Waals surface area contributed by atoms with Crippen molar-refractivity contribution in [3.63, 3.8) is 0 Å². The number of alkyl carbamates (subject to hydrolysis) is 1. The highest BCUT2D eigenvalue weighted by atomic mass is 16.7. The van der Waals surface area contributed by atoms with Gasteiger partial charge in [-0.15, -0.1) is 4.99 Å². The molecular formula is C27H45N5O11. The van der Waals surface area contributed by atoms with Gasteiger partial charge in [0.05, 0.1) is 13.1 Å². The second-order valence-corrected chi connectivity index (χ2v) is 12.9. The number of nitrogens with one attached hydrogen (secondary N) is 3. The molecule has 1 aliphatic rings. The fourth-order valence-corrected chi connectivity index (χ4v) is 2.91. The second-order valence-electron chi connectivity index (χ2n) is 12.9. The maximum absolute atomic E-state index is 13.1. The van der Waals surface area contributed by atoms with Crippen LogP contribution in [0.3, 0.4) is 0 Å². The minimum absolute atomic E-state index is 0.0975. The number of carbonyl (C=O) groups is 5. The van der Waals surface area contributed by atoms with Crippen LogP contribution in [0.4, 0.5) is 19.2 Å². The molecule has 1 aliphatic heterocycles. The van der Waals surface area contributed by atoms with E-state index in [1.54, 1.807) is 62.3 Å². The van der Waals surface area contributed by atoms with Gasteiger partial charge in [0.25, 0.3) is 0 Å². The number of ether oxygens (including phenoxy) is 6. The molecule has 1 saturated heterocycles. The summed E-state index contributed by atoms with van der Waals surface area (Å²) in [5.41, 5.74) is -3.79. The number of hydrogen-bond acceptors (Lipinski definition) is 11. The average Bonchev–Trinajstić information content (AvgIpc) is 2.78. The smallest absolute Gasteiger partial charge is 0.458 e. The maximum Gasteiger partial charge on any atom is 0.508 e. The predicted molar refractivity (Wildman–Crippen MR) is 154 cm³/mol. The maximum atomic E-state index is 13.1. The molecule has 43 heavy (non-hydrogen) atoms. The molecule has 0 spiro atoms. The average molecular weight is 616 g/mol. The summed E-state index contributed by atoms with van der Waals surface area (Å²) < 4.78 is 31.0. The number of guanidine groups is 1. The molecule has 1 heterocycles. The van der Waals surface area contributed by atoms with Crippen molar-refractivity contribution in [1.82, 2.24) is 16.0 Å². The molecule has 1 atom stereocenters. The van der Waals surface area contributed by atoms with Crippen LogP contribution in [-0.4, -0.2) is 91.4 Å². The van der Waals surface area contributed by atoms with Crippen molar-refractivity contribution in [2.45, 2.75) is 99.1 Å². The summed E-state index contributed by atoms with van der Waals surface area (Å²) in [7, 11) is 0. The molecule has 0 aromatic carbocycles. The summed E-state index contributed by atoms with van der Waals surface area (Å²) in [4.78, 5) is 68.9. The Morgan fingerprint density at radius 2 is 1.28 bits per heavy atom. The van der Waals surface area contributed by atoms with Crippen LogP contribution in [0.15, 0.2) is 9.98 Å². The van der Waals surface area contributed by atoms with Gasteiger partial charge < -0.3 is 39.1 Å². The van der Waals surface area contributed by atoms with Gasteiger partial charge in [0, 0.05) is 0 Å². The molecule has 1 unspecified atom stereocenters. The van der Waals surface area contributed by atoms with Crippen molar-refractivity contribution in [2.75, 3.05) is 26.3 Å². The standard InChI is InChI=1S/C27H45N5O11/c1-16(30-20(34)41-24(2,3)4)28-12-17(40-18(33)27(11)14-38-23(37)39-15-27)13-29-19(31-21(35)42-25(5,6)7)32-22(36)43-26(8,9)10/h17H,12-15H2,1-11H3,(H,28,30,34)(H2,29,31,32,35,36). The van der Waals surface area contributed by atoms with E-state index in [0.717, 1.165) is 0 Å². The Bertz CT molecular complexity index is 1090. The Morgan fingerprint density at radius 1 is 0.814 bits per heavy atom. The van der Waals surface area contributed by atoms with Crippen LogP contribution in [0, 0.1) is 5.41 Å². The van der Waals surface area contributed by atoms with Crippen molar-refractivity contribution in [1.29, 1.82) is 0 Å². The number of cyclic esters (lactones) is 2. The minimum atomic E-state index is -1.31. The van der Waals surface area contributed by atoms with Crippen LogP contribution in [0.5, 0.6) is 0 Å². The Labute approximate surface area is 251 Å². The molecular weight excluding hydrogens is 570 g/mol. The van der Waals surface area contributed by atoms with E-state index in [9.17, 15) is 24.0 Å². The van der Waals surface area contributed by atoms with Gasteiger partial charge >= 0.3 is 30.4 Å². The van der Waals surface area contributed by atoms with Crippen LogP contribution >= 0.6 is 0 Å². The molecule has 16 heteroatoms. The van der Waals surface area contributed by atoms with Crippen LogP contribution in [-0.2, 0) is 33.2 Å². The summed E-state index contributed by atoms with van der Waals surface area (Å²) in [5.74, 6) is -0.947. The molecule has 1 fully saturated rings. The van der Waals surface area contributed by atoms with E-state index in [1.165, 1.54) is 13.8 Å². The minimum Gasteiger partial charge on any atom is -0.458 e. The van der Waals surface area contributed by atoms with Gasteiger partial charge in [0.1, 0.15) is 47.4 Å². The topological polar surface area (TPSA) is 202 Å². The van der Waals surface area contributed by atoms with Crippen molar-refractivity contribution in [2.24, 2.45) is 15.4 Å². The highest BCUT2D eigenvalue weighted by Gasteiger charge is 2.43. The van der Waals surface area contributed by atoms with Crippen LogP contribution in [0.1, 0.15) is 76.2 Å². The number of rotatable bonds is 6. The summed E-state index contributed by atoms with van der Waals surface area (Å²) in [6.07, 6.45) is -4.67. The van der Waals surface area contributed by atoms with Crippen molar-refractivity contribution >= 4 is 42.2 Å². The van der Waals surface area contributed by atoms with E-state index in [0.29, 0.717) is 0 Å². The molecule has 0 bridgehead atoms. The Balaban J connectivity index is 3.17. The van der Waals surface area contributed by atoms with Gasteiger partial charge in [-0.25, -0.2) is 19.2 Å². The first-order valence-electron chi connectivity index (χ1n) is 13.5. The highest BCUT2D eigenvalue weighted by molar-refractivity contribution is 5.99. The van der Waals surface area contributed by atoms with Crippen molar-refractivity contribution in [3.05, 3.63) is 0 Å². The van der Waals surface area contributed by atoms with Crippen LogP contribution < -0.4 is 16.0 Å². The summed E-state index contributed by atoms with van der Waals surface area (Å²) >= 11 is 0. The quantitative estimate of drug-likeness (QED) is 0.170. The second kappa shape index (κ2) is 14.9. The zero-order chi connectivity index (χ0) is 33.2. The molecule has 0 aliphatic carbocycles. The normalized spacial score (nSPS) is 16.5. The first-order valence-corrected chi connectivity index (χ1v) is 13.5. The van der Waals surface area contributed by atoms with Crippen molar-refractivity contribution < 1.29 is 52.4 Å². The Kier molecular flexibility index (Phi) is 12.8. The molecule has 3 N–H and O–H groups in total. The first kappa shape index (κ1) is 36.9. The zero-order valence-corrected chi connectivity index (χ0v) is 26.8. The monoisotopic (exact) mass is 615 g/mol. The zero-order valence-electron chi connectivity index (χ0n) is 26.8. The lowest BCUT2D eigenvalue weighted by molar-refractivity contribution is -0.170. The number of esters is 1. The third kappa shape index (κ3) is 16.2. The van der Waals surface area contributed by atoms with Gasteiger partial charge in [-0.3, -0.25) is 10.1 Å². The van der Waals surface area contributed by atoms with Crippen LogP contribution in [0.2, 0.25) is 0 Å². The molecule has 1 rings (SSSR count). The van der Waals surface area contributed by atoms with E-state index in [4.69, 9.17) is 28.4 Å². The molecule has 0 aromatic rings. The fraction of sp³-hybridized carbons (Fsp3) is 0.741. The van der Waals surface area contributed by atoms with E-state index >= 15 is 0 Å². The van der Waals surface area contributed by atoms with Gasteiger partial charge in [-0.1, -0.05) is 0 Å². The number of nitrogens with zero attached hydrogens (tertiary/aromatic N) is 2. The Morgan fingerprint density at radius 3 is 1.77 bits per heavy atom. The van der Waals surface area contributed by atoms with E-state index in [2.05, 4.69) is 25.9 Å². The van der Waals surface area contributed by atoms with Gasteiger partial charge in [-0.2, -0.15) is 4.99 Å². The van der Waals surface area contributed by atoms with Gasteiger partial charge in [-0.05, 0) is 76.2 Å². The SMILES string of the molecule is C/C(=N/C(=O)OC(C)(C)C)NCC(CN/C(=N\C(=O)OC(C)(C)C)NC(=O)OC(C)(C)C)OC(=O)C1(C)COC(=O)OC1. The van der Waals surface area contributed by atoms with Gasteiger partial charge in [0.15, 0.2) is 0 Å². The lowest BCUT2D eigenvalue weighted by Crippen LogP contribution is -2.51. The molecule has 16 nitrogen and oxygen atoms in total. The van der Waals surface area contributed by atoms with Gasteiger partial charge in [0.2, 0.25) is 5.96 Å². The first-order chi connectivity index (χ1) is 19.5. The fourth-order valence-electron chi connectivity index (χ4n) is 2.91. The summed E-state index contributed by atoms with van der Waals surface area (Å²) in [5, 5.41) is 7.96. The number of amidine groups is 1. The lowest BCUT2D eigenvalue weighted by atomic mass is 9.92. The largest absolute Gasteiger partial charge is 0.508 e. The summed E-state index contributed by atoms with van der Waals surface area (Å²) in [6.45, 7) is 17.1. The number of carbonyl (C=O) groups excluding carboxylic acids is 5. The van der Waals surface area contributed by atoms with E-state index < -0.39 is 58.7 Å². The predicted octanol–water partition coefficient (Wildman–Crippen LogP) is 3.42. The number of aliphatic imine (C=N–C) groups is 2. The number of amides is 3. The molecule has 3 amide bonds. The lowest BCUT2D eigenvalue weighted by Gasteiger charge is -2.31. The molecule has 244 valence electrons. The van der Waals surface area contributed by atoms with Crippen LogP contribution in [0.25, 0.3) is 0 Å².